The van der Waals surface area contributed by atoms with E-state index in [1.165, 1.54) is 0 Å². The van der Waals surface area contributed by atoms with Crippen molar-refractivity contribution < 1.29 is 13.8 Å². The number of primary amides is 1. The molecule has 2 amide bonds. The van der Waals surface area contributed by atoms with Crippen molar-refractivity contribution >= 4 is 22.6 Å². The molecule has 0 saturated carbocycles. The van der Waals surface area contributed by atoms with Gasteiger partial charge in [0.05, 0.1) is 10.8 Å². The van der Waals surface area contributed by atoms with Crippen molar-refractivity contribution in [2.75, 3.05) is 5.75 Å². The third kappa shape index (κ3) is 5.53. The van der Waals surface area contributed by atoms with Gasteiger partial charge in [-0.1, -0.05) is 35.4 Å². The molecule has 25 heavy (non-hydrogen) atoms. The summed E-state index contributed by atoms with van der Waals surface area (Å²) in [5.41, 5.74) is 7.80. The zero-order valence-electron chi connectivity index (χ0n) is 14.3. The number of carbonyl (C=O) groups excluding carboxylic acids is 2. The lowest BCUT2D eigenvalue weighted by Gasteiger charge is -2.16. The van der Waals surface area contributed by atoms with Gasteiger partial charge in [0.15, 0.2) is 0 Å². The first-order valence-corrected chi connectivity index (χ1v) is 9.30. The topological polar surface area (TPSA) is 89.3 Å². The second-order valence-electron chi connectivity index (χ2n) is 5.96. The lowest BCUT2D eigenvalue weighted by Crippen LogP contribution is -2.45. The van der Waals surface area contributed by atoms with Crippen molar-refractivity contribution in [3.8, 4) is 0 Å². The molecule has 132 valence electrons. The zero-order valence-corrected chi connectivity index (χ0v) is 15.1. The van der Waals surface area contributed by atoms with Crippen LogP contribution < -0.4 is 11.1 Å². The second kappa shape index (κ2) is 8.58. The Morgan fingerprint density at radius 3 is 2.24 bits per heavy atom. The second-order valence-corrected chi connectivity index (χ2v) is 7.53. The van der Waals surface area contributed by atoms with E-state index in [0.717, 1.165) is 11.1 Å². The Morgan fingerprint density at radius 1 is 1.08 bits per heavy atom. The van der Waals surface area contributed by atoms with Crippen LogP contribution in [0.5, 0.6) is 0 Å². The molecule has 0 aromatic heterocycles. The normalized spacial score (nSPS) is 13.0. The number of nitrogens with one attached hydrogen (secondary N) is 1. The van der Waals surface area contributed by atoms with Crippen molar-refractivity contribution in [3.63, 3.8) is 0 Å². The molecule has 0 saturated heterocycles. The van der Waals surface area contributed by atoms with E-state index in [-0.39, 0.29) is 18.1 Å². The Balaban J connectivity index is 2.02. The minimum atomic E-state index is -1.25. The van der Waals surface area contributed by atoms with Crippen molar-refractivity contribution in [2.45, 2.75) is 31.2 Å². The van der Waals surface area contributed by atoms with E-state index in [0.29, 0.717) is 10.5 Å². The molecule has 2 aromatic carbocycles. The standard InChI is InChI=1S/C19H22N2O3S/c1-13-10-14(2)12-15(11-13)19(23)21-17(18(20)22)8-9-25(24)16-6-4-3-5-7-16/h3-7,10-12,17H,8-9H2,1-2H3,(H2,20,22)(H,21,23)/t17-,25+/m1/s1. The van der Waals surface area contributed by atoms with Gasteiger partial charge in [-0.25, -0.2) is 0 Å². The molecule has 0 spiro atoms. The number of nitrogens with two attached hydrogens (primary N) is 1. The van der Waals surface area contributed by atoms with Gasteiger partial charge < -0.3 is 11.1 Å². The van der Waals surface area contributed by atoms with Crippen LogP contribution in [0.15, 0.2) is 53.4 Å². The molecule has 0 unspecified atom stereocenters. The summed E-state index contributed by atoms with van der Waals surface area (Å²) in [5.74, 6) is -0.756. The minimum absolute atomic E-state index is 0.216. The van der Waals surface area contributed by atoms with Gasteiger partial charge in [-0.05, 0) is 44.5 Å². The largest absolute Gasteiger partial charge is 0.368 e. The van der Waals surface area contributed by atoms with E-state index in [2.05, 4.69) is 5.32 Å². The minimum Gasteiger partial charge on any atom is -0.368 e. The van der Waals surface area contributed by atoms with Crippen molar-refractivity contribution in [1.29, 1.82) is 0 Å². The third-order valence-electron chi connectivity index (χ3n) is 3.73. The maximum absolute atomic E-state index is 12.4. The molecule has 0 aliphatic carbocycles. The molecule has 5 nitrogen and oxygen atoms in total. The summed E-state index contributed by atoms with van der Waals surface area (Å²) in [6, 6.07) is 13.6. The highest BCUT2D eigenvalue weighted by molar-refractivity contribution is 7.85. The van der Waals surface area contributed by atoms with Crippen LogP contribution in [0.4, 0.5) is 0 Å². The maximum Gasteiger partial charge on any atom is 0.251 e. The van der Waals surface area contributed by atoms with Crippen molar-refractivity contribution in [1.82, 2.24) is 5.32 Å². The summed E-state index contributed by atoms with van der Waals surface area (Å²) in [4.78, 5) is 24.7. The first kappa shape index (κ1) is 18.9. The quantitative estimate of drug-likeness (QED) is 0.794. The van der Waals surface area contributed by atoms with E-state index in [1.807, 2.05) is 26.0 Å². The monoisotopic (exact) mass is 358 g/mol. The Kier molecular flexibility index (Phi) is 6.47. The summed E-state index contributed by atoms with van der Waals surface area (Å²) in [6.07, 6.45) is 0.216. The molecule has 0 fully saturated rings. The van der Waals surface area contributed by atoms with E-state index in [4.69, 9.17) is 5.73 Å². The first-order valence-electron chi connectivity index (χ1n) is 7.98. The van der Waals surface area contributed by atoms with Gasteiger partial charge in [0.1, 0.15) is 6.04 Å². The molecule has 0 bridgehead atoms. The number of amides is 2. The molecular formula is C19H22N2O3S. The zero-order chi connectivity index (χ0) is 18.4. The fraction of sp³-hybridized carbons (Fsp3) is 0.263. The molecule has 3 N–H and O–H groups in total. The van der Waals surface area contributed by atoms with Gasteiger partial charge in [0, 0.05) is 16.2 Å². The number of hydrogen-bond acceptors (Lipinski definition) is 3. The molecule has 0 heterocycles. The van der Waals surface area contributed by atoms with Gasteiger partial charge in [-0.2, -0.15) is 0 Å². The molecule has 0 radical (unpaired) electrons. The van der Waals surface area contributed by atoms with Gasteiger partial charge in [-0.15, -0.1) is 0 Å². The van der Waals surface area contributed by atoms with Gasteiger partial charge in [-0.3, -0.25) is 13.8 Å². The van der Waals surface area contributed by atoms with E-state index in [9.17, 15) is 13.8 Å². The van der Waals surface area contributed by atoms with Crippen LogP contribution in [-0.4, -0.2) is 27.8 Å². The average molecular weight is 358 g/mol. The molecule has 2 aromatic rings. The Hall–Kier alpha value is -2.47. The fourth-order valence-electron chi connectivity index (χ4n) is 2.55. The fourth-order valence-corrected chi connectivity index (χ4v) is 3.69. The number of rotatable bonds is 7. The SMILES string of the molecule is Cc1cc(C)cc(C(=O)N[C@H](CC[S@](=O)c2ccccc2)C(N)=O)c1. The van der Waals surface area contributed by atoms with Crippen molar-refractivity contribution in [2.24, 2.45) is 5.73 Å². The lowest BCUT2D eigenvalue weighted by atomic mass is 10.1. The summed E-state index contributed by atoms with van der Waals surface area (Å²) >= 11 is 0. The average Bonchev–Trinajstić information content (AvgIpc) is 2.57. The highest BCUT2D eigenvalue weighted by Crippen LogP contribution is 2.11. The maximum atomic E-state index is 12.4. The van der Waals surface area contributed by atoms with Crippen LogP contribution in [0, 0.1) is 13.8 Å². The Labute approximate surface area is 150 Å². The smallest absolute Gasteiger partial charge is 0.251 e. The highest BCUT2D eigenvalue weighted by atomic mass is 32.2. The predicted molar refractivity (Wildman–Crippen MR) is 98.7 cm³/mol. The Morgan fingerprint density at radius 2 is 1.68 bits per heavy atom. The number of aryl methyl sites for hydroxylation is 2. The van der Waals surface area contributed by atoms with Crippen molar-refractivity contribution in [3.05, 3.63) is 65.2 Å². The molecular weight excluding hydrogens is 336 g/mol. The number of benzene rings is 2. The molecule has 0 aliphatic rings. The van der Waals surface area contributed by atoms with Crippen LogP contribution in [0.1, 0.15) is 27.9 Å². The summed E-state index contributed by atoms with van der Waals surface area (Å²) < 4.78 is 12.3. The van der Waals surface area contributed by atoms with E-state index < -0.39 is 22.7 Å². The molecule has 2 rings (SSSR count). The summed E-state index contributed by atoms with van der Waals surface area (Å²) in [6.45, 7) is 3.80. The van der Waals surface area contributed by atoms with Crippen LogP contribution in [0.3, 0.4) is 0 Å². The number of hydrogen-bond donors (Lipinski definition) is 2. The first-order chi connectivity index (χ1) is 11.9. The lowest BCUT2D eigenvalue weighted by molar-refractivity contribution is -0.119. The predicted octanol–water partition coefficient (Wildman–Crippen LogP) is 2.09. The van der Waals surface area contributed by atoms with Gasteiger partial charge in [0.25, 0.3) is 5.91 Å². The van der Waals surface area contributed by atoms with Gasteiger partial charge >= 0.3 is 0 Å². The summed E-state index contributed by atoms with van der Waals surface area (Å²) in [7, 11) is -1.25. The van der Waals surface area contributed by atoms with Gasteiger partial charge in [0.2, 0.25) is 5.91 Å². The van der Waals surface area contributed by atoms with Crippen LogP contribution >= 0.6 is 0 Å². The third-order valence-corrected chi connectivity index (χ3v) is 5.14. The van der Waals surface area contributed by atoms with E-state index >= 15 is 0 Å². The van der Waals surface area contributed by atoms with E-state index in [1.54, 1.807) is 36.4 Å². The number of carbonyl (C=O) groups is 2. The van der Waals surface area contributed by atoms with Crippen LogP contribution in [0.2, 0.25) is 0 Å². The highest BCUT2D eigenvalue weighted by Gasteiger charge is 2.20. The molecule has 0 aliphatic heterocycles. The van der Waals surface area contributed by atoms with Crippen LogP contribution in [0.25, 0.3) is 0 Å². The summed E-state index contributed by atoms with van der Waals surface area (Å²) in [5, 5.41) is 2.65. The molecule has 6 heteroatoms. The Bertz CT molecular complexity index is 770. The molecule has 2 atom stereocenters. The van der Waals surface area contributed by atoms with Crippen LogP contribution in [-0.2, 0) is 15.6 Å².